The Kier molecular flexibility index (Phi) is 7.76. The Bertz CT molecular complexity index is 1480. The van der Waals surface area contributed by atoms with E-state index in [0.29, 0.717) is 28.3 Å². The number of benzene rings is 1. The van der Waals surface area contributed by atoms with Crippen LogP contribution in [0.15, 0.2) is 73.4 Å². The van der Waals surface area contributed by atoms with Crippen molar-refractivity contribution < 1.29 is 23.5 Å². The number of imide groups is 1. The van der Waals surface area contributed by atoms with Crippen LogP contribution < -0.4 is 9.80 Å². The average molecular weight is 515 g/mol. The normalized spacial score (nSPS) is 10.5. The van der Waals surface area contributed by atoms with Crippen molar-refractivity contribution in [1.82, 2.24) is 19.9 Å². The molecule has 1 aromatic carbocycles. The van der Waals surface area contributed by atoms with Gasteiger partial charge in [0.15, 0.2) is 5.82 Å². The van der Waals surface area contributed by atoms with Gasteiger partial charge in [-0.2, -0.15) is 0 Å². The number of rotatable bonds is 7. The van der Waals surface area contributed by atoms with Crippen molar-refractivity contribution in [3.63, 3.8) is 0 Å². The number of hydrogen-bond donors (Lipinski definition) is 0. The van der Waals surface area contributed by atoms with Gasteiger partial charge < -0.3 is 9.64 Å². The zero-order valence-corrected chi connectivity index (χ0v) is 20.8. The third kappa shape index (κ3) is 5.67. The molecule has 4 aromatic rings. The molecule has 11 heteroatoms. The topological polar surface area (TPSA) is 118 Å². The molecule has 0 N–H and O–H groups in total. The van der Waals surface area contributed by atoms with Gasteiger partial charge in [0.05, 0.1) is 25.4 Å². The van der Waals surface area contributed by atoms with Crippen molar-refractivity contribution in [2.24, 2.45) is 0 Å². The lowest BCUT2D eigenvalue weighted by molar-refractivity contribution is -0.124. The molecule has 3 heterocycles. The second-order valence-corrected chi connectivity index (χ2v) is 8.13. The number of esters is 1. The largest absolute Gasteiger partial charge is 0.465 e. The van der Waals surface area contributed by atoms with Crippen LogP contribution in [-0.2, 0) is 20.9 Å². The fourth-order valence-corrected chi connectivity index (χ4v) is 3.81. The summed E-state index contributed by atoms with van der Waals surface area (Å²) in [6.45, 7) is 2.61. The molecule has 192 valence electrons. The lowest BCUT2D eigenvalue weighted by Gasteiger charge is -2.23. The van der Waals surface area contributed by atoms with Gasteiger partial charge in [0, 0.05) is 44.2 Å². The van der Waals surface area contributed by atoms with Crippen molar-refractivity contribution in [2.75, 3.05) is 16.9 Å². The van der Waals surface area contributed by atoms with E-state index >= 15 is 0 Å². The SMILES string of the molecule is COC(=O)c1ccc(CN(c2cnccn2)c2cc(-c3ccnc(N(C(C)=O)C(C)=O)c3)ccn2)c(F)c1. The van der Waals surface area contributed by atoms with E-state index in [1.54, 1.807) is 35.4 Å². The number of methoxy groups -OCH3 is 1. The molecule has 0 saturated carbocycles. The highest BCUT2D eigenvalue weighted by atomic mass is 19.1. The second kappa shape index (κ2) is 11.3. The van der Waals surface area contributed by atoms with Gasteiger partial charge in [-0.15, -0.1) is 0 Å². The average Bonchev–Trinajstić information content (AvgIpc) is 2.92. The summed E-state index contributed by atoms with van der Waals surface area (Å²) in [6, 6.07) is 11.0. The van der Waals surface area contributed by atoms with Crippen LogP contribution in [0.2, 0.25) is 0 Å². The Morgan fingerprint density at radius 3 is 2.03 bits per heavy atom. The lowest BCUT2D eigenvalue weighted by Crippen LogP contribution is -2.33. The molecule has 10 nitrogen and oxygen atoms in total. The van der Waals surface area contributed by atoms with Crippen LogP contribution in [-0.4, -0.2) is 44.8 Å². The number of carbonyl (C=O) groups excluding carboxylic acids is 3. The maximum absolute atomic E-state index is 15.0. The van der Waals surface area contributed by atoms with E-state index in [0.717, 1.165) is 11.0 Å². The van der Waals surface area contributed by atoms with Crippen LogP contribution >= 0.6 is 0 Å². The summed E-state index contributed by atoms with van der Waals surface area (Å²) < 4.78 is 19.6. The minimum Gasteiger partial charge on any atom is -0.465 e. The number of hydrogen-bond acceptors (Lipinski definition) is 9. The molecule has 0 bridgehead atoms. The molecule has 38 heavy (non-hydrogen) atoms. The fraction of sp³-hybridized carbons (Fsp3) is 0.148. The van der Waals surface area contributed by atoms with E-state index in [9.17, 15) is 18.8 Å². The van der Waals surface area contributed by atoms with Crippen LogP contribution in [0.4, 0.5) is 21.8 Å². The number of halogens is 1. The van der Waals surface area contributed by atoms with Crippen molar-refractivity contribution in [1.29, 1.82) is 0 Å². The Morgan fingerprint density at radius 1 is 0.816 bits per heavy atom. The molecular weight excluding hydrogens is 491 g/mol. The van der Waals surface area contributed by atoms with Gasteiger partial charge in [0.1, 0.15) is 17.5 Å². The molecule has 3 aromatic heterocycles. The van der Waals surface area contributed by atoms with Gasteiger partial charge in [-0.25, -0.2) is 29.0 Å². The summed E-state index contributed by atoms with van der Waals surface area (Å²) in [5.74, 6) is -1.08. The Hall–Kier alpha value is -5.06. The predicted octanol–water partition coefficient (Wildman–Crippen LogP) is 4.10. The third-order valence-corrected chi connectivity index (χ3v) is 5.59. The number of carbonyl (C=O) groups is 3. The van der Waals surface area contributed by atoms with Crippen molar-refractivity contribution in [3.05, 3.63) is 90.4 Å². The first-order valence-electron chi connectivity index (χ1n) is 11.4. The predicted molar refractivity (Wildman–Crippen MR) is 137 cm³/mol. The molecular formula is C27H23FN6O4. The number of pyridine rings is 2. The summed E-state index contributed by atoms with van der Waals surface area (Å²) in [4.78, 5) is 55.5. The van der Waals surface area contributed by atoms with Crippen LogP contribution in [0, 0.1) is 5.82 Å². The van der Waals surface area contributed by atoms with E-state index < -0.39 is 23.6 Å². The first-order valence-corrected chi connectivity index (χ1v) is 11.4. The first kappa shape index (κ1) is 26.0. The minimum atomic E-state index is -0.638. The van der Waals surface area contributed by atoms with Crippen LogP contribution in [0.25, 0.3) is 11.1 Å². The smallest absolute Gasteiger partial charge is 0.337 e. The Balaban J connectivity index is 1.73. The quantitative estimate of drug-likeness (QED) is 0.336. The molecule has 0 spiro atoms. The summed E-state index contributed by atoms with van der Waals surface area (Å²) in [6.07, 6.45) is 7.64. The first-order chi connectivity index (χ1) is 18.3. The molecule has 0 unspecified atom stereocenters. The molecule has 0 aliphatic rings. The van der Waals surface area contributed by atoms with Crippen LogP contribution in [0.3, 0.4) is 0 Å². The van der Waals surface area contributed by atoms with Crippen molar-refractivity contribution in [3.8, 4) is 11.1 Å². The van der Waals surface area contributed by atoms with Gasteiger partial charge in [-0.05, 0) is 47.5 Å². The van der Waals surface area contributed by atoms with Crippen molar-refractivity contribution in [2.45, 2.75) is 20.4 Å². The zero-order chi connectivity index (χ0) is 27.2. The summed E-state index contributed by atoms with van der Waals surface area (Å²) >= 11 is 0. The van der Waals surface area contributed by atoms with Gasteiger partial charge in [-0.3, -0.25) is 14.6 Å². The lowest BCUT2D eigenvalue weighted by atomic mass is 10.1. The molecule has 0 aliphatic heterocycles. The molecule has 0 saturated heterocycles. The van der Waals surface area contributed by atoms with Crippen LogP contribution in [0.5, 0.6) is 0 Å². The van der Waals surface area contributed by atoms with Gasteiger partial charge in [0.2, 0.25) is 11.8 Å². The maximum Gasteiger partial charge on any atom is 0.337 e. The molecule has 0 fully saturated rings. The molecule has 2 amide bonds. The molecule has 4 rings (SSSR count). The molecule has 0 radical (unpaired) electrons. The van der Waals surface area contributed by atoms with Gasteiger partial charge >= 0.3 is 5.97 Å². The highest BCUT2D eigenvalue weighted by molar-refractivity contribution is 6.12. The van der Waals surface area contributed by atoms with E-state index in [1.165, 1.54) is 57.9 Å². The van der Waals surface area contributed by atoms with Crippen molar-refractivity contribution >= 4 is 35.2 Å². The van der Waals surface area contributed by atoms with E-state index in [-0.39, 0.29) is 17.9 Å². The summed E-state index contributed by atoms with van der Waals surface area (Å²) in [5.41, 5.74) is 1.78. The van der Waals surface area contributed by atoms with Crippen LogP contribution in [0.1, 0.15) is 29.8 Å². The number of ether oxygens (including phenoxy) is 1. The van der Waals surface area contributed by atoms with E-state index in [2.05, 4.69) is 24.7 Å². The number of anilines is 3. The minimum absolute atomic E-state index is 0.0342. The Labute approximate surface area is 217 Å². The Morgan fingerprint density at radius 2 is 1.45 bits per heavy atom. The van der Waals surface area contributed by atoms with E-state index in [4.69, 9.17) is 0 Å². The number of nitrogens with zero attached hydrogens (tertiary/aromatic N) is 6. The summed E-state index contributed by atoms with van der Waals surface area (Å²) in [5, 5.41) is 0. The second-order valence-electron chi connectivity index (χ2n) is 8.13. The summed E-state index contributed by atoms with van der Waals surface area (Å²) in [7, 11) is 1.23. The highest BCUT2D eigenvalue weighted by Crippen LogP contribution is 2.30. The molecule has 0 atom stereocenters. The highest BCUT2D eigenvalue weighted by Gasteiger charge is 2.20. The fourth-order valence-electron chi connectivity index (χ4n) is 3.81. The molecule has 0 aliphatic carbocycles. The van der Waals surface area contributed by atoms with Gasteiger partial charge in [0.25, 0.3) is 0 Å². The standard InChI is InChI=1S/C27H23FN6O4/c1-17(35)34(18(2)36)25-14-20(7-9-31-25)19-6-8-30-24(13-19)33(26-15-29-10-11-32-26)16-22-5-4-21(12-23(22)28)27(37)38-3/h4-15H,16H2,1-3H3. The van der Waals surface area contributed by atoms with E-state index in [1.807, 2.05) is 0 Å². The number of amides is 2. The third-order valence-electron chi connectivity index (χ3n) is 5.59. The van der Waals surface area contributed by atoms with Gasteiger partial charge in [-0.1, -0.05) is 6.07 Å². The monoisotopic (exact) mass is 514 g/mol. The number of aromatic nitrogens is 4. The maximum atomic E-state index is 15.0. The zero-order valence-electron chi connectivity index (χ0n) is 20.8.